The Bertz CT molecular complexity index is 1240. The summed E-state index contributed by atoms with van der Waals surface area (Å²) in [6, 6.07) is 11.7. The van der Waals surface area contributed by atoms with Crippen LogP contribution in [0.3, 0.4) is 0 Å². The van der Waals surface area contributed by atoms with E-state index < -0.39 is 0 Å². The maximum atomic E-state index is 9.89. The fourth-order valence-electron chi connectivity index (χ4n) is 4.28. The van der Waals surface area contributed by atoms with Crippen molar-refractivity contribution in [1.82, 2.24) is 10.2 Å². The summed E-state index contributed by atoms with van der Waals surface area (Å²) >= 11 is 5.97. The van der Waals surface area contributed by atoms with E-state index in [-0.39, 0.29) is 11.8 Å². The van der Waals surface area contributed by atoms with Gasteiger partial charge in [0.15, 0.2) is 0 Å². The number of allylic oxidation sites excluding steroid dienone is 1. The molecule has 31 heavy (non-hydrogen) atoms. The third-order valence-electron chi connectivity index (χ3n) is 5.81. The maximum absolute atomic E-state index is 9.89. The Hall–Kier alpha value is -3.43. The zero-order valence-electron chi connectivity index (χ0n) is 17.8. The number of nitrogens with one attached hydrogen (secondary N) is 1. The van der Waals surface area contributed by atoms with E-state index in [0.29, 0.717) is 23.1 Å². The van der Waals surface area contributed by atoms with Crippen molar-refractivity contribution in [2.45, 2.75) is 40.2 Å². The molecule has 0 fully saturated rings. The monoisotopic (exact) mass is 434 g/mol. The molecular weight excluding hydrogens is 412 g/mol. The third-order valence-corrected chi connectivity index (χ3v) is 6.06. The second-order valence-electron chi connectivity index (χ2n) is 7.76. The number of nitrogens with two attached hydrogens (primary N) is 1. The van der Waals surface area contributed by atoms with Gasteiger partial charge < -0.3 is 15.2 Å². The van der Waals surface area contributed by atoms with Gasteiger partial charge in [-0.25, -0.2) is 0 Å². The number of aromatic nitrogens is 2. The molecule has 2 heterocycles. The molecule has 1 atom stereocenters. The van der Waals surface area contributed by atoms with Crippen molar-refractivity contribution in [1.29, 1.82) is 5.26 Å². The summed E-state index contributed by atoms with van der Waals surface area (Å²) < 4.78 is 11.7. The standard InChI is InChI=1S/C24H23ClN4O2/c1-12-9-13(2)20(14(3)19(12)11-30-17-7-5-16(25)6-8-17)22-18(10-26)23(27)31-24-21(22)15(4)28-29-24/h5-9,22H,11,27H2,1-4H3,(H,28,29). The smallest absolute Gasteiger partial charge is 0.244 e. The lowest BCUT2D eigenvalue weighted by Crippen LogP contribution is -2.22. The summed E-state index contributed by atoms with van der Waals surface area (Å²) in [4.78, 5) is 0. The first-order chi connectivity index (χ1) is 14.8. The molecule has 0 spiro atoms. The number of fused-ring (bicyclic) bond motifs is 1. The molecule has 4 rings (SSSR count). The first-order valence-corrected chi connectivity index (χ1v) is 10.3. The van der Waals surface area contributed by atoms with E-state index in [1.165, 1.54) is 0 Å². The van der Waals surface area contributed by atoms with Gasteiger partial charge in [-0.15, -0.1) is 5.10 Å². The Morgan fingerprint density at radius 3 is 2.55 bits per heavy atom. The second kappa shape index (κ2) is 8.01. The lowest BCUT2D eigenvalue weighted by Gasteiger charge is -2.28. The van der Waals surface area contributed by atoms with Gasteiger partial charge in [-0.3, -0.25) is 5.10 Å². The Morgan fingerprint density at radius 2 is 1.87 bits per heavy atom. The van der Waals surface area contributed by atoms with Gasteiger partial charge in [0.25, 0.3) is 0 Å². The van der Waals surface area contributed by atoms with E-state index in [2.05, 4.69) is 43.1 Å². The summed E-state index contributed by atoms with van der Waals surface area (Å²) in [5, 5.41) is 17.7. The minimum absolute atomic E-state index is 0.0878. The molecular formula is C24H23ClN4O2. The average Bonchev–Trinajstić information content (AvgIpc) is 3.09. The van der Waals surface area contributed by atoms with Crippen LogP contribution < -0.4 is 15.2 Å². The van der Waals surface area contributed by atoms with Gasteiger partial charge in [0, 0.05) is 16.3 Å². The molecule has 1 aliphatic rings. The molecule has 1 aromatic heterocycles. The number of benzene rings is 2. The second-order valence-corrected chi connectivity index (χ2v) is 8.20. The van der Waals surface area contributed by atoms with E-state index in [1.54, 1.807) is 12.1 Å². The normalized spacial score (nSPS) is 15.3. The molecule has 158 valence electrons. The predicted molar refractivity (Wildman–Crippen MR) is 119 cm³/mol. The van der Waals surface area contributed by atoms with Gasteiger partial charge in [-0.2, -0.15) is 5.26 Å². The third kappa shape index (κ3) is 3.62. The Balaban J connectivity index is 1.82. The van der Waals surface area contributed by atoms with Gasteiger partial charge in [0.1, 0.15) is 24.0 Å². The highest BCUT2D eigenvalue weighted by atomic mass is 35.5. The van der Waals surface area contributed by atoms with Crippen LogP contribution in [0, 0.1) is 39.0 Å². The Morgan fingerprint density at radius 1 is 1.16 bits per heavy atom. The maximum Gasteiger partial charge on any atom is 0.244 e. The first-order valence-electron chi connectivity index (χ1n) is 9.92. The molecule has 1 aliphatic heterocycles. The molecule has 0 aliphatic carbocycles. The Labute approximate surface area is 186 Å². The molecule has 0 bridgehead atoms. The van der Waals surface area contributed by atoms with E-state index in [4.69, 9.17) is 26.8 Å². The van der Waals surface area contributed by atoms with Crippen molar-refractivity contribution in [3.05, 3.63) is 85.9 Å². The fraction of sp³-hybridized carbons (Fsp3) is 0.250. The van der Waals surface area contributed by atoms with Crippen LogP contribution in [0.25, 0.3) is 0 Å². The van der Waals surface area contributed by atoms with Crippen molar-refractivity contribution in [2.75, 3.05) is 0 Å². The predicted octanol–water partition coefficient (Wildman–Crippen LogP) is 5.09. The van der Waals surface area contributed by atoms with E-state index in [1.807, 2.05) is 19.1 Å². The SMILES string of the molecule is Cc1cc(C)c(C2C(C#N)=C(N)Oc3n[nH]c(C)c32)c(C)c1COc1ccc(Cl)cc1. The number of nitrogens with zero attached hydrogens (tertiary/aromatic N) is 2. The highest BCUT2D eigenvalue weighted by molar-refractivity contribution is 6.30. The molecule has 0 saturated carbocycles. The lowest BCUT2D eigenvalue weighted by atomic mass is 9.78. The van der Waals surface area contributed by atoms with Gasteiger partial charge >= 0.3 is 0 Å². The van der Waals surface area contributed by atoms with Crippen LogP contribution in [0.15, 0.2) is 41.8 Å². The van der Waals surface area contributed by atoms with Crippen LogP contribution in [0.4, 0.5) is 0 Å². The summed E-state index contributed by atoms with van der Waals surface area (Å²) in [7, 11) is 0. The van der Waals surface area contributed by atoms with Crippen molar-refractivity contribution in [3.63, 3.8) is 0 Å². The zero-order chi connectivity index (χ0) is 22.3. The summed E-state index contributed by atoms with van der Waals surface area (Å²) in [5.41, 5.74) is 13.5. The van der Waals surface area contributed by atoms with Gasteiger partial charge in [0.2, 0.25) is 11.8 Å². The molecule has 0 amide bonds. The molecule has 6 nitrogen and oxygen atoms in total. The largest absolute Gasteiger partial charge is 0.489 e. The quantitative estimate of drug-likeness (QED) is 0.595. The first kappa shape index (κ1) is 20.8. The highest BCUT2D eigenvalue weighted by Gasteiger charge is 2.36. The number of aromatic amines is 1. The number of rotatable bonds is 4. The van der Waals surface area contributed by atoms with E-state index in [9.17, 15) is 5.26 Å². The Kier molecular flexibility index (Phi) is 5.38. The molecule has 1 unspecified atom stereocenters. The zero-order valence-corrected chi connectivity index (χ0v) is 18.6. The van der Waals surface area contributed by atoms with Crippen LogP contribution in [0.1, 0.15) is 45.0 Å². The number of halogens is 1. The van der Waals surface area contributed by atoms with Gasteiger partial charge in [0.05, 0.1) is 5.92 Å². The topological polar surface area (TPSA) is 97.0 Å². The van der Waals surface area contributed by atoms with Crippen LogP contribution in [0.2, 0.25) is 5.02 Å². The fourth-order valence-corrected chi connectivity index (χ4v) is 4.41. The van der Waals surface area contributed by atoms with Crippen molar-refractivity contribution in [3.8, 4) is 17.7 Å². The van der Waals surface area contributed by atoms with Crippen molar-refractivity contribution < 1.29 is 9.47 Å². The summed E-state index contributed by atoms with van der Waals surface area (Å²) in [5.74, 6) is 0.885. The molecule has 0 radical (unpaired) electrons. The number of ether oxygens (including phenoxy) is 2. The lowest BCUT2D eigenvalue weighted by molar-refractivity contribution is 0.304. The minimum Gasteiger partial charge on any atom is -0.489 e. The highest BCUT2D eigenvalue weighted by Crippen LogP contribution is 2.45. The van der Waals surface area contributed by atoms with E-state index >= 15 is 0 Å². The number of hydrogen-bond acceptors (Lipinski definition) is 5. The molecule has 0 saturated heterocycles. The number of hydrogen-bond donors (Lipinski definition) is 2. The summed E-state index contributed by atoms with van der Waals surface area (Å²) in [6.07, 6.45) is 0. The molecule has 2 aromatic carbocycles. The molecule has 3 aromatic rings. The minimum atomic E-state index is -0.359. The molecule has 7 heteroatoms. The number of H-pyrrole nitrogens is 1. The van der Waals surface area contributed by atoms with Crippen LogP contribution >= 0.6 is 11.6 Å². The van der Waals surface area contributed by atoms with Crippen LogP contribution in [0.5, 0.6) is 11.6 Å². The molecule has 3 N–H and O–H groups in total. The van der Waals surface area contributed by atoms with E-state index in [0.717, 1.165) is 44.8 Å². The average molecular weight is 435 g/mol. The van der Waals surface area contributed by atoms with Crippen molar-refractivity contribution >= 4 is 11.6 Å². The summed E-state index contributed by atoms with van der Waals surface area (Å²) in [6.45, 7) is 8.50. The van der Waals surface area contributed by atoms with Crippen molar-refractivity contribution in [2.24, 2.45) is 5.73 Å². The van der Waals surface area contributed by atoms with Crippen LogP contribution in [-0.2, 0) is 6.61 Å². The number of aryl methyl sites for hydroxylation is 3. The van der Waals surface area contributed by atoms with Crippen LogP contribution in [-0.4, -0.2) is 10.2 Å². The van der Waals surface area contributed by atoms with Gasteiger partial charge in [-0.05, 0) is 79.8 Å². The van der Waals surface area contributed by atoms with Gasteiger partial charge in [-0.1, -0.05) is 17.7 Å². The number of nitriles is 1.